The van der Waals surface area contributed by atoms with E-state index in [0.717, 1.165) is 40.4 Å². The molecule has 4 rings (SSSR count). The van der Waals surface area contributed by atoms with Crippen LogP contribution in [0.4, 0.5) is 29.7 Å². The third-order valence-electron chi connectivity index (χ3n) is 5.61. The average Bonchev–Trinajstić information content (AvgIpc) is 3.24. The Labute approximate surface area is 229 Å². The van der Waals surface area contributed by atoms with E-state index in [4.69, 9.17) is 0 Å². The van der Waals surface area contributed by atoms with Crippen LogP contribution in [-0.2, 0) is 0 Å². The van der Waals surface area contributed by atoms with Crippen molar-refractivity contribution >= 4 is 39.7 Å². The molecule has 1 unspecified atom stereocenters. The predicted octanol–water partition coefficient (Wildman–Crippen LogP) is 7.11. The van der Waals surface area contributed by atoms with Crippen LogP contribution < -0.4 is 16.0 Å². The van der Waals surface area contributed by atoms with E-state index < -0.39 is 29.6 Å². The molecule has 11 heteroatoms. The summed E-state index contributed by atoms with van der Waals surface area (Å²) in [5, 5.41) is 9.05. The van der Waals surface area contributed by atoms with Crippen molar-refractivity contribution in [3.63, 3.8) is 0 Å². The molecule has 7 nitrogen and oxygen atoms in total. The van der Waals surface area contributed by atoms with Gasteiger partial charge in [-0.25, -0.2) is 4.98 Å². The van der Waals surface area contributed by atoms with E-state index in [1.54, 1.807) is 25.3 Å². The van der Waals surface area contributed by atoms with E-state index in [9.17, 15) is 22.8 Å². The fourth-order valence-corrected chi connectivity index (χ4v) is 4.31. The van der Waals surface area contributed by atoms with Crippen molar-refractivity contribution in [1.82, 2.24) is 15.3 Å². The number of thiazole rings is 1. The highest BCUT2D eigenvalue weighted by Crippen LogP contribution is 2.29. The summed E-state index contributed by atoms with van der Waals surface area (Å²) in [5.41, 5.74) is 2.18. The highest BCUT2D eigenvalue weighted by atomic mass is 32.1. The van der Waals surface area contributed by atoms with Gasteiger partial charge < -0.3 is 16.0 Å². The second-order valence-corrected chi connectivity index (χ2v) is 9.54. The third-order valence-corrected chi connectivity index (χ3v) is 6.52. The molecule has 39 heavy (non-hydrogen) atoms. The van der Waals surface area contributed by atoms with Crippen molar-refractivity contribution < 1.29 is 22.8 Å². The van der Waals surface area contributed by atoms with Gasteiger partial charge in [0.1, 0.15) is 4.88 Å². The van der Waals surface area contributed by atoms with Crippen LogP contribution in [0.1, 0.15) is 58.0 Å². The van der Waals surface area contributed by atoms with Crippen LogP contribution in [0.3, 0.4) is 0 Å². The number of nitrogens with one attached hydrogen (secondary N) is 3. The maximum Gasteiger partial charge on any atom is 0.416 e. The summed E-state index contributed by atoms with van der Waals surface area (Å²) in [6.45, 7) is 7.66. The molecule has 3 aromatic rings. The first-order chi connectivity index (χ1) is 18.6. The lowest BCUT2D eigenvalue weighted by Crippen LogP contribution is -2.34. The summed E-state index contributed by atoms with van der Waals surface area (Å²) in [7, 11) is 0. The molecule has 2 heterocycles. The number of halogens is 3. The molecule has 3 N–H and O–H groups in total. The number of carbonyl (C=O) groups is 2. The molecular weight excluding hydrogens is 527 g/mol. The van der Waals surface area contributed by atoms with Gasteiger partial charge in [-0.1, -0.05) is 49.5 Å². The summed E-state index contributed by atoms with van der Waals surface area (Å²) in [4.78, 5) is 34.4. The molecule has 0 radical (unpaired) electrons. The number of hydrogen-bond acceptors (Lipinski definition) is 6. The minimum atomic E-state index is -4.49. The van der Waals surface area contributed by atoms with E-state index in [-0.39, 0.29) is 5.56 Å². The second kappa shape index (κ2) is 13.2. The number of amides is 2. The number of aromatic nitrogens is 2. The van der Waals surface area contributed by atoms with Crippen LogP contribution in [0.15, 0.2) is 66.5 Å². The van der Waals surface area contributed by atoms with Crippen molar-refractivity contribution in [3.8, 4) is 0 Å². The Morgan fingerprint density at radius 1 is 1.03 bits per heavy atom. The number of benzene rings is 1. The van der Waals surface area contributed by atoms with Crippen molar-refractivity contribution in [2.24, 2.45) is 0 Å². The molecule has 206 valence electrons. The highest BCUT2D eigenvalue weighted by molar-refractivity contribution is 7.17. The Kier molecular flexibility index (Phi) is 10.00. The summed E-state index contributed by atoms with van der Waals surface area (Å²) < 4.78 is 39.5. The summed E-state index contributed by atoms with van der Waals surface area (Å²) >= 11 is 1.16. The van der Waals surface area contributed by atoms with E-state index in [1.165, 1.54) is 18.3 Å². The normalized spacial score (nSPS) is 14.8. The molecule has 1 aromatic carbocycles. The number of hydrogen-bond donors (Lipinski definition) is 3. The smallest absolute Gasteiger partial charge is 0.346 e. The largest absolute Gasteiger partial charge is 0.416 e. The number of aryl methyl sites for hydroxylation is 2. The van der Waals surface area contributed by atoms with Crippen LogP contribution in [0.25, 0.3) is 0 Å². The summed E-state index contributed by atoms with van der Waals surface area (Å²) in [6, 6.07) is 7.67. The van der Waals surface area contributed by atoms with Gasteiger partial charge >= 0.3 is 6.18 Å². The quantitative estimate of drug-likeness (QED) is 0.300. The van der Waals surface area contributed by atoms with Crippen LogP contribution in [-0.4, -0.2) is 34.0 Å². The fraction of sp³-hybridized carbons (Fsp3) is 0.286. The average molecular weight is 558 g/mol. The van der Waals surface area contributed by atoms with Gasteiger partial charge in [-0.15, -0.1) is 0 Å². The molecule has 2 amide bonds. The Morgan fingerprint density at radius 2 is 1.79 bits per heavy atom. The molecule has 0 spiro atoms. The van der Waals surface area contributed by atoms with Gasteiger partial charge in [0.15, 0.2) is 5.13 Å². The van der Waals surface area contributed by atoms with Crippen molar-refractivity contribution in [2.45, 2.75) is 52.8 Å². The molecular formula is C28H30F3N5O2S. The van der Waals surface area contributed by atoms with Gasteiger partial charge in [-0.2, -0.15) is 13.2 Å². The zero-order valence-electron chi connectivity index (χ0n) is 22.0. The lowest BCUT2D eigenvalue weighted by molar-refractivity contribution is -0.0885. The third kappa shape index (κ3) is 8.25. The number of anilines is 3. The topological polar surface area (TPSA) is 96.0 Å². The van der Waals surface area contributed by atoms with Gasteiger partial charge in [0.05, 0.1) is 23.7 Å². The number of alkyl halides is 3. The SMILES string of the molecule is CC.Cc1ccc(Nc2ncc(C(=O)Nc3cc(C(=O)NC4C=C(C(F)(F)F)C=CCC4)ccc3C)s2)cn1. The van der Waals surface area contributed by atoms with Gasteiger partial charge in [0.2, 0.25) is 0 Å². The molecule has 1 aliphatic carbocycles. The van der Waals surface area contributed by atoms with E-state index >= 15 is 0 Å². The van der Waals surface area contributed by atoms with E-state index in [2.05, 4.69) is 25.9 Å². The molecule has 0 saturated heterocycles. The first kappa shape index (κ1) is 29.6. The fourth-order valence-electron chi connectivity index (χ4n) is 3.58. The van der Waals surface area contributed by atoms with E-state index in [1.807, 2.05) is 32.9 Å². The molecule has 2 aromatic heterocycles. The minimum Gasteiger partial charge on any atom is -0.346 e. The van der Waals surface area contributed by atoms with Gasteiger partial charge in [-0.3, -0.25) is 14.6 Å². The van der Waals surface area contributed by atoms with Gasteiger partial charge in [0.25, 0.3) is 11.8 Å². The number of nitrogens with zero attached hydrogens (tertiary/aromatic N) is 2. The Hall–Kier alpha value is -3.99. The predicted molar refractivity (Wildman–Crippen MR) is 149 cm³/mol. The van der Waals surface area contributed by atoms with Crippen LogP contribution >= 0.6 is 11.3 Å². The lowest BCUT2D eigenvalue weighted by Gasteiger charge is -2.16. The highest BCUT2D eigenvalue weighted by Gasteiger charge is 2.33. The molecule has 0 fully saturated rings. The van der Waals surface area contributed by atoms with Crippen LogP contribution in [0.5, 0.6) is 0 Å². The first-order valence-corrected chi connectivity index (χ1v) is 13.2. The second-order valence-electron chi connectivity index (χ2n) is 8.51. The summed E-state index contributed by atoms with van der Waals surface area (Å²) in [6.07, 6.45) is 2.88. The van der Waals surface area contributed by atoms with Gasteiger partial charge in [-0.05, 0) is 56.5 Å². The Bertz CT molecular complexity index is 1360. The molecule has 0 saturated carbocycles. The minimum absolute atomic E-state index is 0.221. The van der Waals surface area contributed by atoms with Crippen molar-refractivity contribution in [1.29, 1.82) is 0 Å². The number of pyridine rings is 1. The zero-order chi connectivity index (χ0) is 28.6. The molecule has 1 aliphatic rings. The molecule has 0 aliphatic heterocycles. The maximum absolute atomic E-state index is 13.2. The van der Waals surface area contributed by atoms with Crippen LogP contribution in [0.2, 0.25) is 0 Å². The summed E-state index contributed by atoms with van der Waals surface area (Å²) in [5.74, 6) is -0.933. The molecule has 0 bridgehead atoms. The molecule has 1 atom stereocenters. The zero-order valence-corrected chi connectivity index (χ0v) is 22.8. The Morgan fingerprint density at radius 3 is 2.49 bits per heavy atom. The Balaban J connectivity index is 0.00000205. The van der Waals surface area contributed by atoms with Crippen LogP contribution in [0, 0.1) is 13.8 Å². The number of carbonyl (C=O) groups excluding carboxylic acids is 2. The van der Waals surface area contributed by atoms with Crippen molar-refractivity contribution in [2.75, 3.05) is 10.6 Å². The standard InChI is InChI=1S/C26H24F3N5O2S.C2H6/c1-15-7-9-17(23(35)32-19-6-4-3-5-18(12-19)26(27,28)29)11-21(15)34-24(36)22-14-31-25(37-22)33-20-10-8-16(2)30-13-20;1-2/h3,5,7-14,19H,4,6H2,1-2H3,(H,31,33)(H,32,35)(H,34,36);1-2H3. The van der Waals surface area contributed by atoms with Gasteiger partial charge in [0, 0.05) is 23.0 Å². The first-order valence-electron chi connectivity index (χ1n) is 12.4. The monoisotopic (exact) mass is 557 g/mol. The van der Waals surface area contributed by atoms with E-state index in [0.29, 0.717) is 28.5 Å². The number of rotatable bonds is 6. The van der Waals surface area contributed by atoms with Crippen molar-refractivity contribution in [3.05, 3.63) is 88.2 Å². The number of allylic oxidation sites excluding steroid dienone is 3. The maximum atomic E-state index is 13.2. The lowest BCUT2D eigenvalue weighted by atomic mass is 10.1.